The highest BCUT2D eigenvalue weighted by Crippen LogP contribution is 2.30. The van der Waals surface area contributed by atoms with Gasteiger partial charge in [-0.3, -0.25) is 14.2 Å². The molecule has 0 aliphatic rings. The quantitative estimate of drug-likeness (QED) is 0.253. The maximum absolute atomic E-state index is 13.3. The summed E-state index contributed by atoms with van der Waals surface area (Å²) in [5, 5.41) is 4.73. The summed E-state index contributed by atoms with van der Waals surface area (Å²) in [7, 11) is 0. The van der Waals surface area contributed by atoms with Crippen LogP contribution in [-0.4, -0.2) is 21.2 Å². The number of amides is 1. The highest BCUT2D eigenvalue weighted by atomic mass is 35.5. The third kappa shape index (κ3) is 4.64. The number of carbonyl (C=O) groups excluding carboxylic acids is 1. The molecule has 0 aliphatic heterocycles. The monoisotopic (exact) mass is 503 g/mol. The van der Waals surface area contributed by atoms with Crippen LogP contribution in [0.25, 0.3) is 16.6 Å². The lowest BCUT2D eigenvalue weighted by atomic mass is 10.2. The van der Waals surface area contributed by atoms with Crippen LogP contribution in [0, 0.1) is 6.92 Å². The smallest absolute Gasteiger partial charge is 0.266 e. The predicted molar refractivity (Wildman–Crippen MR) is 133 cm³/mol. The van der Waals surface area contributed by atoms with E-state index in [1.165, 1.54) is 4.57 Å². The number of aromatic nitrogens is 2. The molecule has 1 amide bonds. The summed E-state index contributed by atoms with van der Waals surface area (Å²) in [6, 6.07) is 17.4. The van der Waals surface area contributed by atoms with E-state index in [9.17, 15) is 9.59 Å². The van der Waals surface area contributed by atoms with Gasteiger partial charge in [0, 0.05) is 5.02 Å². The molecule has 1 heterocycles. The summed E-state index contributed by atoms with van der Waals surface area (Å²) in [5.41, 5.74) is 2.19. The van der Waals surface area contributed by atoms with Crippen molar-refractivity contribution < 1.29 is 4.79 Å². The molecule has 162 valence electrons. The van der Waals surface area contributed by atoms with Crippen molar-refractivity contribution in [1.29, 1.82) is 0 Å². The largest absolute Gasteiger partial charge is 0.324 e. The number of nitrogens with zero attached hydrogens (tertiary/aromatic N) is 2. The Morgan fingerprint density at radius 1 is 1.03 bits per heavy atom. The molecule has 3 aromatic carbocycles. The average molecular weight is 505 g/mol. The highest BCUT2D eigenvalue weighted by Gasteiger charge is 2.16. The van der Waals surface area contributed by atoms with Gasteiger partial charge in [-0.15, -0.1) is 0 Å². The Labute approximate surface area is 203 Å². The van der Waals surface area contributed by atoms with Crippen LogP contribution >= 0.6 is 46.6 Å². The number of thioether (sulfide) groups is 1. The molecule has 0 bridgehead atoms. The molecule has 0 atom stereocenters. The third-order valence-corrected chi connectivity index (χ3v) is 6.88. The van der Waals surface area contributed by atoms with E-state index in [1.807, 2.05) is 19.1 Å². The topological polar surface area (TPSA) is 64.0 Å². The number of benzene rings is 3. The minimum absolute atomic E-state index is 0.00716. The van der Waals surface area contributed by atoms with Gasteiger partial charge in [-0.2, -0.15) is 0 Å². The van der Waals surface area contributed by atoms with Crippen molar-refractivity contribution >= 4 is 69.1 Å². The zero-order chi connectivity index (χ0) is 22.8. The Kier molecular flexibility index (Phi) is 6.76. The zero-order valence-electron chi connectivity index (χ0n) is 16.7. The number of anilines is 1. The van der Waals surface area contributed by atoms with Crippen LogP contribution in [0.3, 0.4) is 0 Å². The molecule has 1 N–H and O–H groups in total. The lowest BCUT2D eigenvalue weighted by Crippen LogP contribution is -2.23. The number of para-hydroxylation sites is 1. The maximum Gasteiger partial charge on any atom is 0.266 e. The summed E-state index contributed by atoms with van der Waals surface area (Å²) in [6.07, 6.45) is 0. The Morgan fingerprint density at radius 2 is 1.81 bits per heavy atom. The van der Waals surface area contributed by atoms with Gasteiger partial charge in [0.25, 0.3) is 5.56 Å². The second kappa shape index (κ2) is 9.55. The first-order chi connectivity index (χ1) is 15.3. The van der Waals surface area contributed by atoms with Crippen molar-refractivity contribution in [3.05, 3.63) is 91.6 Å². The van der Waals surface area contributed by atoms with Gasteiger partial charge in [0.15, 0.2) is 5.16 Å². The third-order valence-electron chi connectivity index (χ3n) is 4.72. The van der Waals surface area contributed by atoms with E-state index in [-0.39, 0.29) is 22.2 Å². The van der Waals surface area contributed by atoms with E-state index in [4.69, 9.17) is 34.8 Å². The second-order valence-electron chi connectivity index (χ2n) is 6.92. The number of nitrogens with one attached hydrogen (secondary N) is 1. The first-order valence-corrected chi connectivity index (χ1v) is 11.6. The molecule has 0 saturated carbocycles. The zero-order valence-corrected chi connectivity index (χ0v) is 19.8. The van der Waals surface area contributed by atoms with Crippen molar-refractivity contribution in [2.45, 2.75) is 12.1 Å². The number of fused-ring (bicyclic) bond motifs is 1. The summed E-state index contributed by atoms with van der Waals surface area (Å²) >= 11 is 19.6. The highest BCUT2D eigenvalue weighted by molar-refractivity contribution is 7.99. The van der Waals surface area contributed by atoms with Crippen LogP contribution < -0.4 is 10.9 Å². The molecule has 4 rings (SSSR count). The molecular formula is C23H16Cl3N3O2S. The van der Waals surface area contributed by atoms with Crippen LogP contribution in [0.15, 0.2) is 70.6 Å². The predicted octanol–water partition coefficient (Wildman–Crippen LogP) is 6.39. The van der Waals surface area contributed by atoms with Gasteiger partial charge in [-0.05, 0) is 48.9 Å². The fourth-order valence-electron chi connectivity index (χ4n) is 3.07. The molecule has 5 nitrogen and oxygen atoms in total. The second-order valence-corrected chi connectivity index (χ2v) is 9.06. The fraction of sp³-hybridized carbons (Fsp3) is 0.0870. The first kappa shape index (κ1) is 22.7. The Bertz CT molecular complexity index is 1410. The minimum Gasteiger partial charge on any atom is -0.324 e. The van der Waals surface area contributed by atoms with Gasteiger partial charge in [0.1, 0.15) is 0 Å². The van der Waals surface area contributed by atoms with Crippen molar-refractivity contribution in [3.8, 4) is 5.69 Å². The molecular weight excluding hydrogens is 489 g/mol. The van der Waals surface area contributed by atoms with E-state index >= 15 is 0 Å². The number of rotatable bonds is 5. The SMILES string of the molecule is Cc1ccc(-n2c(SCC(=O)Nc3cccc(Cl)c3Cl)nc3ccccc3c2=O)cc1Cl. The Balaban J connectivity index is 1.69. The van der Waals surface area contributed by atoms with Crippen LogP contribution in [0.4, 0.5) is 5.69 Å². The number of halogens is 3. The Morgan fingerprint density at radius 3 is 2.59 bits per heavy atom. The number of hydrogen-bond acceptors (Lipinski definition) is 4. The molecule has 1 aromatic heterocycles. The first-order valence-electron chi connectivity index (χ1n) is 9.50. The summed E-state index contributed by atoms with van der Waals surface area (Å²) in [4.78, 5) is 30.5. The van der Waals surface area contributed by atoms with E-state index in [0.29, 0.717) is 37.5 Å². The van der Waals surface area contributed by atoms with Crippen LogP contribution in [-0.2, 0) is 4.79 Å². The van der Waals surface area contributed by atoms with Crippen molar-refractivity contribution in [2.75, 3.05) is 11.1 Å². The minimum atomic E-state index is -0.310. The van der Waals surface area contributed by atoms with Crippen LogP contribution in [0.1, 0.15) is 5.56 Å². The van der Waals surface area contributed by atoms with Gasteiger partial charge in [0.2, 0.25) is 5.91 Å². The van der Waals surface area contributed by atoms with E-state index in [0.717, 1.165) is 17.3 Å². The Hall–Kier alpha value is -2.51. The van der Waals surface area contributed by atoms with Gasteiger partial charge < -0.3 is 5.32 Å². The van der Waals surface area contributed by atoms with Gasteiger partial charge >= 0.3 is 0 Å². The number of carbonyl (C=O) groups is 1. The standard InChI is InChI=1S/C23H16Cl3N3O2S/c1-13-9-10-14(11-17(13)25)29-22(31)15-5-2-3-7-18(15)28-23(29)32-12-20(30)27-19-8-4-6-16(24)21(19)26/h2-11H,12H2,1H3,(H,27,30). The average Bonchev–Trinajstić information content (AvgIpc) is 2.78. The van der Waals surface area contributed by atoms with E-state index in [1.54, 1.807) is 48.5 Å². The van der Waals surface area contributed by atoms with Gasteiger partial charge in [0.05, 0.1) is 38.1 Å². The summed E-state index contributed by atoms with van der Waals surface area (Å²) in [6.45, 7) is 1.88. The number of hydrogen-bond donors (Lipinski definition) is 1. The summed E-state index contributed by atoms with van der Waals surface area (Å²) in [5.74, 6) is -0.303. The molecule has 0 fully saturated rings. The van der Waals surface area contributed by atoms with Crippen LogP contribution in [0.5, 0.6) is 0 Å². The molecule has 0 radical (unpaired) electrons. The van der Waals surface area contributed by atoms with Gasteiger partial charge in [-0.25, -0.2) is 4.98 Å². The maximum atomic E-state index is 13.3. The van der Waals surface area contributed by atoms with Crippen molar-refractivity contribution in [2.24, 2.45) is 0 Å². The molecule has 4 aromatic rings. The molecule has 32 heavy (non-hydrogen) atoms. The molecule has 0 unspecified atom stereocenters. The normalized spacial score (nSPS) is 11.0. The van der Waals surface area contributed by atoms with Gasteiger partial charge in [-0.1, -0.05) is 70.8 Å². The summed E-state index contributed by atoms with van der Waals surface area (Å²) < 4.78 is 1.47. The molecule has 9 heteroatoms. The molecule has 0 saturated heterocycles. The van der Waals surface area contributed by atoms with Crippen LogP contribution in [0.2, 0.25) is 15.1 Å². The fourth-order valence-corrected chi connectivity index (χ4v) is 4.41. The van der Waals surface area contributed by atoms with E-state index < -0.39 is 0 Å². The van der Waals surface area contributed by atoms with E-state index in [2.05, 4.69) is 10.3 Å². The number of aryl methyl sites for hydroxylation is 1. The van der Waals surface area contributed by atoms with Crippen molar-refractivity contribution in [1.82, 2.24) is 9.55 Å². The lowest BCUT2D eigenvalue weighted by Gasteiger charge is -2.14. The van der Waals surface area contributed by atoms with Crippen molar-refractivity contribution in [3.63, 3.8) is 0 Å². The molecule has 0 spiro atoms. The lowest BCUT2D eigenvalue weighted by molar-refractivity contribution is -0.113. The molecule has 0 aliphatic carbocycles.